The summed E-state index contributed by atoms with van der Waals surface area (Å²) in [5.74, 6) is 0.495. The molecule has 0 spiro atoms. The van der Waals surface area contributed by atoms with Gasteiger partial charge in [-0.25, -0.2) is 9.78 Å². The molecule has 2 rings (SSSR count). The fourth-order valence-corrected chi connectivity index (χ4v) is 2.81. The molecule has 2 amide bonds. The fourth-order valence-electron chi connectivity index (χ4n) is 2.81. The van der Waals surface area contributed by atoms with Gasteiger partial charge in [0, 0.05) is 38.9 Å². The molecule has 2 heterocycles. The van der Waals surface area contributed by atoms with Crippen molar-refractivity contribution in [1.82, 2.24) is 15.2 Å². The number of aromatic nitrogens is 1. The molecule has 0 saturated carbocycles. The van der Waals surface area contributed by atoms with Crippen LogP contribution in [0.15, 0.2) is 18.3 Å². The predicted molar refractivity (Wildman–Crippen MR) is 99.5 cm³/mol. The Labute approximate surface area is 154 Å². The lowest BCUT2D eigenvalue weighted by Gasteiger charge is -2.33. The maximum absolute atomic E-state index is 12.1. The van der Waals surface area contributed by atoms with Crippen molar-refractivity contribution in [3.8, 4) is 5.88 Å². The summed E-state index contributed by atoms with van der Waals surface area (Å²) < 4.78 is 10.3. The SMILES string of the molecule is CC[C@H](O)CN1CCC(NC(=O)Nc2ccc(OCCOC)nc2)CC1. The van der Waals surface area contributed by atoms with E-state index in [0.29, 0.717) is 31.3 Å². The van der Waals surface area contributed by atoms with E-state index >= 15 is 0 Å². The number of amides is 2. The lowest BCUT2D eigenvalue weighted by Crippen LogP contribution is -2.47. The quantitative estimate of drug-likeness (QED) is 0.573. The highest BCUT2D eigenvalue weighted by atomic mass is 16.5. The van der Waals surface area contributed by atoms with Gasteiger partial charge < -0.3 is 30.1 Å². The Hall–Kier alpha value is -1.90. The summed E-state index contributed by atoms with van der Waals surface area (Å²) in [7, 11) is 1.61. The van der Waals surface area contributed by atoms with Crippen LogP contribution in [0, 0.1) is 0 Å². The minimum absolute atomic E-state index is 0.148. The number of nitrogens with one attached hydrogen (secondary N) is 2. The average molecular weight is 366 g/mol. The van der Waals surface area contributed by atoms with Gasteiger partial charge >= 0.3 is 6.03 Å². The highest BCUT2D eigenvalue weighted by Gasteiger charge is 2.21. The summed E-state index contributed by atoms with van der Waals surface area (Å²) >= 11 is 0. The summed E-state index contributed by atoms with van der Waals surface area (Å²) in [6.45, 7) is 5.40. The number of nitrogens with zero attached hydrogens (tertiary/aromatic N) is 2. The summed E-state index contributed by atoms with van der Waals surface area (Å²) in [5, 5.41) is 15.5. The molecule has 1 aromatic rings. The number of pyridine rings is 1. The van der Waals surface area contributed by atoms with Crippen molar-refractivity contribution in [3.63, 3.8) is 0 Å². The first-order valence-electron chi connectivity index (χ1n) is 9.16. The number of likely N-dealkylation sites (tertiary alicyclic amines) is 1. The van der Waals surface area contributed by atoms with Gasteiger partial charge in [-0.1, -0.05) is 6.92 Å². The van der Waals surface area contributed by atoms with E-state index in [-0.39, 0.29) is 18.2 Å². The molecule has 1 aliphatic heterocycles. The van der Waals surface area contributed by atoms with E-state index in [1.165, 1.54) is 0 Å². The maximum Gasteiger partial charge on any atom is 0.319 e. The number of aliphatic hydroxyl groups excluding tert-OH is 1. The number of methoxy groups -OCH3 is 1. The lowest BCUT2D eigenvalue weighted by molar-refractivity contribution is 0.0925. The minimum atomic E-state index is -0.267. The number of ether oxygens (including phenoxy) is 2. The summed E-state index contributed by atoms with van der Waals surface area (Å²) in [4.78, 5) is 18.5. The van der Waals surface area contributed by atoms with Gasteiger partial charge in [-0.2, -0.15) is 0 Å². The van der Waals surface area contributed by atoms with E-state index in [2.05, 4.69) is 20.5 Å². The van der Waals surface area contributed by atoms with Crippen LogP contribution < -0.4 is 15.4 Å². The molecule has 0 unspecified atom stereocenters. The Kier molecular flexibility index (Phi) is 8.60. The van der Waals surface area contributed by atoms with Crippen molar-refractivity contribution in [2.24, 2.45) is 0 Å². The van der Waals surface area contributed by atoms with Gasteiger partial charge in [-0.05, 0) is 25.3 Å². The fraction of sp³-hybridized carbons (Fsp3) is 0.667. The first kappa shape index (κ1) is 20.4. The molecule has 1 saturated heterocycles. The Morgan fingerprint density at radius 1 is 1.38 bits per heavy atom. The molecule has 1 fully saturated rings. The van der Waals surface area contributed by atoms with Crippen LogP contribution in [0.2, 0.25) is 0 Å². The maximum atomic E-state index is 12.1. The zero-order valence-corrected chi connectivity index (χ0v) is 15.6. The molecule has 0 aromatic carbocycles. The standard InChI is InChI=1S/C18H30N4O4/c1-3-16(23)13-22-8-6-14(7-9-22)20-18(24)21-15-4-5-17(19-12-15)26-11-10-25-2/h4-5,12,14,16,23H,3,6-11,13H2,1-2H3,(H2,20,21,24)/t16-/m0/s1. The second-order valence-electron chi connectivity index (χ2n) is 6.46. The summed E-state index contributed by atoms with van der Waals surface area (Å²) in [6, 6.07) is 3.38. The van der Waals surface area contributed by atoms with Crippen molar-refractivity contribution in [2.75, 3.05) is 45.3 Å². The topological polar surface area (TPSA) is 96.0 Å². The van der Waals surface area contributed by atoms with Crippen LogP contribution in [0.1, 0.15) is 26.2 Å². The Balaban J connectivity index is 1.69. The number of hydrogen-bond donors (Lipinski definition) is 3. The van der Waals surface area contributed by atoms with Crippen molar-refractivity contribution in [2.45, 2.75) is 38.3 Å². The van der Waals surface area contributed by atoms with Crippen molar-refractivity contribution >= 4 is 11.7 Å². The summed E-state index contributed by atoms with van der Waals surface area (Å²) in [6.07, 6.45) is 3.83. The number of urea groups is 1. The molecule has 26 heavy (non-hydrogen) atoms. The van der Waals surface area contributed by atoms with Crippen LogP contribution >= 0.6 is 0 Å². The van der Waals surface area contributed by atoms with E-state index in [9.17, 15) is 9.90 Å². The average Bonchev–Trinajstić information content (AvgIpc) is 2.65. The number of carbonyl (C=O) groups excluding carboxylic acids is 1. The van der Waals surface area contributed by atoms with Crippen LogP contribution in [0.4, 0.5) is 10.5 Å². The smallest absolute Gasteiger partial charge is 0.319 e. The third kappa shape index (κ3) is 7.15. The van der Waals surface area contributed by atoms with Crippen molar-refractivity contribution in [3.05, 3.63) is 18.3 Å². The van der Waals surface area contributed by atoms with Crippen molar-refractivity contribution < 1.29 is 19.4 Å². The van der Waals surface area contributed by atoms with E-state index in [1.807, 2.05) is 6.92 Å². The van der Waals surface area contributed by atoms with E-state index in [4.69, 9.17) is 9.47 Å². The number of β-amino-alcohol motifs (C(OH)–C–C–N with tert-alkyl or cyclic N) is 1. The molecule has 0 aliphatic carbocycles. The molecule has 8 nitrogen and oxygen atoms in total. The lowest BCUT2D eigenvalue weighted by atomic mass is 10.0. The van der Waals surface area contributed by atoms with Gasteiger partial charge in [0.1, 0.15) is 6.61 Å². The molecule has 146 valence electrons. The Morgan fingerprint density at radius 3 is 2.77 bits per heavy atom. The second-order valence-corrected chi connectivity index (χ2v) is 6.46. The monoisotopic (exact) mass is 366 g/mol. The van der Waals surface area contributed by atoms with Crippen LogP contribution in [0.3, 0.4) is 0 Å². The van der Waals surface area contributed by atoms with Gasteiger partial charge in [0.05, 0.1) is 24.6 Å². The van der Waals surface area contributed by atoms with Crippen LogP contribution in [-0.4, -0.2) is 73.1 Å². The largest absolute Gasteiger partial charge is 0.475 e. The van der Waals surface area contributed by atoms with Crippen LogP contribution in [0.5, 0.6) is 5.88 Å². The number of hydrogen-bond acceptors (Lipinski definition) is 6. The number of aliphatic hydroxyl groups is 1. The highest BCUT2D eigenvalue weighted by Crippen LogP contribution is 2.13. The first-order chi connectivity index (χ1) is 12.6. The molecular weight excluding hydrogens is 336 g/mol. The molecule has 0 radical (unpaired) electrons. The van der Waals surface area contributed by atoms with Crippen LogP contribution in [-0.2, 0) is 4.74 Å². The van der Waals surface area contributed by atoms with Crippen LogP contribution in [0.25, 0.3) is 0 Å². The number of carbonyl (C=O) groups is 1. The summed E-state index contributed by atoms with van der Waals surface area (Å²) in [5.41, 5.74) is 0.616. The van der Waals surface area contributed by atoms with E-state index in [0.717, 1.165) is 32.4 Å². The normalized spacial score (nSPS) is 16.9. The molecular formula is C18H30N4O4. The molecule has 1 atom stereocenters. The Bertz CT molecular complexity index is 532. The zero-order chi connectivity index (χ0) is 18.8. The van der Waals surface area contributed by atoms with Gasteiger partial charge in [0.15, 0.2) is 0 Å². The molecule has 0 bridgehead atoms. The molecule has 1 aromatic heterocycles. The molecule has 1 aliphatic rings. The predicted octanol–water partition coefficient (Wildman–Crippen LogP) is 1.46. The first-order valence-corrected chi connectivity index (χ1v) is 9.16. The van der Waals surface area contributed by atoms with E-state index < -0.39 is 0 Å². The third-order valence-corrected chi connectivity index (χ3v) is 4.39. The second kappa shape index (κ2) is 10.9. The van der Waals surface area contributed by atoms with E-state index in [1.54, 1.807) is 25.4 Å². The Morgan fingerprint density at radius 2 is 2.15 bits per heavy atom. The molecule has 8 heteroatoms. The number of anilines is 1. The van der Waals surface area contributed by atoms with Gasteiger partial charge in [-0.3, -0.25) is 0 Å². The number of piperidine rings is 1. The zero-order valence-electron chi connectivity index (χ0n) is 15.6. The van der Waals surface area contributed by atoms with Gasteiger partial charge in [-0.15, -0.1) is 0 Å². The minimum Gasteiger partial charge on any atom is -0.475 e. The van der Waals surface area contributed by atoms with Gasteiger partial charge in [0.2, 0.25) is 5.88 Å². The molecule has 3 N–H and O–H groups in total. The highest BCUT2D eigenvalue weighted by molar-refractivity contribution is 5.89. The van der Waals surface area contributed by atoms with Crippen molar-refractivity contribution in [1.29, 1.82) is 0 Å². The third-order valence-electron chi connectivity index (χ3n) is 4.39. The van der Waals surface area contributed by atoms with Gasteiger partial charge in [0.25, 0.3) is 0 Å². The number of rotatable bonds is 9.